The Morgan fingerprint density at radius 1 is 1.50 bits per heavy atom. The summed E-state index contributed by atoms with van der Waals surface area (Å²) in [6, 6.07) is 0. The lowest BCUT2D eigenvalue weighted by molar-refractivity contribution is -0.115. The molecule has 4 nitrogen and oxygen atoms in total. The zero-order valence-corrected chi connectivity index (χ0v) is 4.86. The zero-order valence-electron chi connectivity index (χ0n) is 4.05. The second-order valence-corrected chi connectivity index (χ2v) is 3.43. The first-order valence-electron chi connectivity index (χ1n) is 2.09. The Morgan fingerprint density at radius 3 is 2.25 bits per heavy atom. The maximum absolute atomic E-state index is 10.3. The molecule has 0 aromatic rings. The molecule has 0 radical (unpaired) electrons. The van der Waals surface area contributed by atoms with Gasteiger partial charge in [-0.3, -0.25) is 4.79 Å². The molecule has 0 unspecified atom stereocenters. The molecule has 1 heterocycles. The average molecular weight is 135 g/mol. The third-order valence-electron chi connectivity index (χ3n) is 0.840. The number of carbonyl (C=O) groups is 1. The predicted octanol–water partition coefficient (Wildman–Crippen LogP) is -1.51. The van der Waals surface area contributed by atoms with Gasteiger partial charge in [0.1, 0.15) is 5.75 Å². The third-order valence-corrected chi connectivity index (χ3v) is 2.13. The van der Waals surface area contributed by atoms with Crippen LogP contribution in [0.25, 0.3) is 0 Å². The monoisotopic (exact) mass is 135 g/mol. The lowest BCUT2D eigenvalue weighted by Crippen LogP contribution is -2.15. The van der Waals surface area contributed by atoms with Crippen LogP contribution in [0.3, 0.4) is 0 Å². The summed E-state index contributed by atoms with van der Waals surface area (Å²) < 4.78 is 22.7. The molecule has 1 N–H and O–H groups in total. The largest absolute Gasteiger partial charge is 0.297 e. The van der Waals surface area contributed by atoms with Gasteiger partial charge in [0.2, 0.25) is 10.0 Å². The fourth-order valence-corrected chi connectivity index (χ4v) is 1.51. The normalized spacial score (nSPS) is 26.2. The molecular formula is C3H5NO3S. The molecule has 0 saturated carbocycles. The quantitative estimate of drug-likeness (QED) is 0.439. The molecule has 0 aromatic heterocycles. The van der Waals surface area contributed by atoms with Gasteiger partial charge in [0.15, 0.2) is 5.78 Å². The Hall–Kier alpha value is -0.420. The summed E-state index contributed by atoms with van der Waals surface area (Å²) in [6.45, 7) is -0.0255. The molecule has 0 amide bonds. The van der Waals surface area contributed by atoms with E-state index in [1.165, 1.54) is 0 Å². The van der Waals surface area contributed by atoms with Crippen molar-refractivity contribution in [2.75, 3.05) is 12.3 Å². The average Bonchev–Trinajstić information content (AvgIpc) is 1.82. The highest BCUT2D eigenvalue weighted by Gasteiger charge is 2.23. The van der Waals surface area contributed by atoms with E-state index in [1.807, 2.05) is 0 Å². The molecule has 46 valence electrons. The maximum Gasteiger partial charge on any atom is 0.219 e. The van der Waals surface area contributed by atoms with Gasteiger partial charge in [-0.1, -0.05) is 0 Å². The van der Waals surface area contributed by atoms with Crippen molar-refractivity contribution in [1.82, 2.24) is 4.72 Å². The molecule has 5 heteroatoms. The number of sulfonamides is 1. The van der Waals surface area contributed by atoms with E-state index in [0.717, 1.165) is 0 Å². The summed E-state index contributed by atoms with van der Waals surface area (Å²) in [5.41, 5.74) is 0. The molecule has 1 saturated heterocycles. The van der Waals surface area contributed by atoms with Crippen molar-refractivity contribution in [2.24, 2.45) is 0 Å². The first kappa shape index (κ1) is 5.71. The Morgan fingerprint density at radius 2 is 2.12 bits per heavy atom. The van der Waals surface area contributed by atoms with E-state index in [4.69, 9.17) is 0 Å². The standard InChI is InChI=1S/C3H5NO3S/c5-3-1-4-8(6,7)2-3/h4H,1-2H2. The van der Waals surface area contributed by atoms with Crippen LogP contribution in [0.15, 0.2) is 0 Å². The van der Waals surface area contributed by atoms with Crippen molar-refractivity contribution in [2.45, 2.75) is 0 Å². The number of hydrogen-bond acceptors (Lipinski definition) is 3. The van der Waals surface area contributed by atoms with Crippen molar-refractivity contribution in [3.63, 3.8) is 0 Å². The minimum atomic E-state index is -3.20. The van der Waals surface area contributed by atoms with Crippen LogP contribution >= 0.6 is 0 Å². The molecule has 1 aliphatic rings. The highest BCUT2D eigenvalue weighted by molar-refractivity contribution is 7.90. The number of ketones is 1. The summed E-state index contributed by atoms with van der Waals surface area (Å²) in [7, 11) is -3.20. The molecule has 0 atom stereocenters. The van der Waals surface area contributed by atoms with E-state index in [9.17, 15) is 13.2 Å². The van der Waals surface area contributed by atoms with Gasteiger partial charge in [-0.2, -0.15) is 0 Å². The van der Waals surface area contributed by atoms with E-state index in [2.05, 4.69) is 4.72 Å². The molecule has 0 bridgehead atoms. The first-order valence-corrected chi connectivity index (χ1v) is 3.74. The van der Waals surface area contributed by atoms with Crippen LogP contribution in [0.2, 0.25) is 0 Å². The predicted molar refractivity (Wildman–Crippen MR) is 26.8 cm³/mol. The topological polar surface area (TPSA) is 63.2 Å². The molecule has 0 spiro atoms. The summed E-state index contributed by atoms with van der Waals surface area (Å²) in [5.74, 6) is -0.600. The molecule has 8 heavy (non-hydrogen) atoms. The molecule has 1 aliphatic heterocycles. The molecular weight excluding hydrogens is 130 g/mol. The van der Waals surface area contributed by atoms with Gasteiger partial charge >= 0.3 is 0 Å². The van der Waals surface area contributed by atoms with Crippen molar-refractivity contribution >= 4 is 15.8 Å². The summed E-state index contributed by atoms with van der Waals surface area (Å²) in [5, 5.41) is 0. The fraction of sp³-hybridized carbons (Fsp3) is 0.667. The zero-order chi connectivity index (χ0) is 6.20. The minimum absolute atomic E-state index is 0.0255. The van der Waals surface area contributed by atoms with Gasteiger partial charge < -0.3 is 0 Å². The second kappa shape index (κ2) is 1.53. The lowest BCUT2D eigenvalue weighted by atomic mass is 10.5. The van der Waals surface area contributed by atoms with E-state index >= 15 is 0 Å². The van der Waals surface area contributed by atoms with Gasteiger partial charge in [0.25, 0.3) is 0 Å². The second-order valence-electron chi connectivity index (χ2n) is 1.62. The first-order chi connectivity index (χ1) is 3.60. The third kappa shape index (κ3) is 1.05. The van der Waals surface area contributed by atoms with Crippen molar-refractivity contribution < 1.29 is 13.2 Å². The van der Waals surface area contributed by atoms with Crippen LogP contribution in [0.4, 0.5) is 0 Å². The summed E-state index contributed by atoms with van der Waals surface area (Å²) in [4.78, 5) is 10.2. The van der Waals surface area contributed by atoms with E-state index < -0.39 is 10.0 Å². The Labute approximate surface area is 46.9 Å². The van der Waals surface area contributed by atoms with Gasteiger partial charge in [0, 0.05) is 0 Å². The number of nitrogens with one attached hydrogen (secondary N) is 1. The minimum Gasteiger partial charge on any atom is -0.297 e. The van der Waals surface area contributed by atoms with Gasteiger partial charge in [-0.25, -0.2) is 13.1 Å². The molecule has 1 rings (SSSR count). The number of carbonyl (C=O) groups excluding carboxylic acids is 1. The highest BCUT2D eigenvalue weighted by atomic mass is 32.2. The summed E-state index contributed by atoms with van der Waals surface area (Å²) in [6.07, 6.45) is 0. The van der Waals surface area contributed by atoms with E-state index in [0.29, 0.717) is 0 Å². The SMILES string of the molecule is O=C1CNS(=O)(=O)C1. The van der Waals surface area contributed by atoms with Crippen LogP contribution in [0, 0.1) is 0 Å². The Kier molecular flexibility index (Phi) is 1.09. The smallest absolute Gasteiger partial charge is 0.219 e. The number of hydrogen-bond donors (Lipinski definition) is 1. The molecule has 0 aliphatic carbocycles. The lowest BCUT2D eigenvalue weighted by Gasteiger charge is -1.83. The fourth-order valence-electron chi connectivity index (χ4n) is 0.504. The van der Waals surface area contributed by atoms with Gasteiger partial charge in [-0.05, 0) is 0 Å². The van der Waals surface area contributed by atoms with Gasteiger partial charge in [-0.15, -0.1) is 0 Å². The van der Waals surface area contributed by atoms with Crippen molar-refractivity contribution in [3.05, 3.63) is 0 Å². The maximum atomic E-state index is 10.3. The van der Waals surface area contributed by atoms with Gasteiger partial charge in [0.05, 0.1) is 6.54 Å². The highest BCUT2D eigenvalue weighted by Crippen LogP contribution is 1.92. The van der Waals surface area contributed by atoms with E-state index in [-0.39, 0.29) is 18.1 Å². The molecule has 0 aromatic carbocycles. The van der Waals surface area contributed by atoms with Crippen LogP contribution in [-0.4, -0.2) is 26.5 Å². The van der Waals surface area contributed by atoms with Crippen molar-refractivity contribution in [3.8, 4) is 0 Å². The van der Waals surface area contributed by atoms with E-state index in [1.54, 1.807) is 0 Å². The van der Waals surface area contributed by atoms with Crippen LogP contribution in [-0.2, 0) is 14.8 Å². The van der Waals surface area contributed by atoms with Crippen molar-refractivity contribution in [1.29, 1.82) is 0 Å². The molecule has 1 fully saturated rings. The van der Waals surface area contributed by atoms with Crippen LogP contribution < -0.4 is 4.72 Å². The Balaban J connectivity index is 2.86. The summed E-state index contributed by atoms with van der Waals surface area (Å²) >= 11 is 0. The Bertz CT molecular complexity index is 205. The number of rotatable bonds is 0. The number of Topliss-reactive ketones (excluding diaryl/α,β-unsaturated/α-hetero) is 1. The van der Waals surface area contributed by atoms with Crippen LogP contribution in [0.5, 0.6) is 0 Å². The van der Waals surface area contributed by atoms with Crippen LogP contribution in [0.1, 0.15) is 0 Å².